The maximum absolute atomic E-state index is 12.7. The third kappa shape index (κ3) is 6.75. The summed E-state index contributed by atoms with van der Waals surface area (Å²) >= 11 is 5.86. The summed E-state index contributed by atoms with van der Waals surface area (Å²) in [5.74, 6) is -1.45. The van der Waals surface area contributed by atoms with E-state index in [2.05, 4.69) is 10.6 Å². The molecular weight excluding hydrogens is 366 g/mol. The number of carbonyl (C=O) groups excluding carboxylic acids is 3. The third-order valence-corrected chi connectivity index (χ3v) is 4.24. The number of rotatable bonds is 8. The van der Waals surface area contributed by atoms with Crippen molar-refractivity contribution in [1.29, 1.82) is 0 Å². The topological polar surface area (TPSA) is 101 Å². The average Bonchev–Trinajstić information content (AvgIpc) is 2.62. The first-order chi connectivity index (χ1) is 12.8. The predicted octanol–water partition coefficient (Wildman–Crippen LogP) is 1.60. The van der Waals surface area contributed by atoms with Crippen molar-refractivity contribution < 1.29 is 14.4 Å². The highest BCUT2D eigenvalue weighted by molar-refractivity contribution is 6.30. The van der Waals surface area contributed by atoms with Crippen LogP contribution in [0.15, 0.2) is 54.6 Å². The highest BCUT2D eigenvalue weighted by atomic mass is 35.5. The first-order valence-corrected chi connectivity index (χ1v) is 8.88. The monoisotopic (exact) mass is 387 g/mol. The molecule has 0 heterocycles. The zero-order chi connectivity index (χ0) is 19.8. The Morgan fingerprint density at radius 2 is 1.44 bits per heavy atom. The second kappa shape index (κ2) is 9.73. The molecule has 0 aromatic heterocycles. The number of nitrogens with one attached hydrogen (secondary N) is 2. The molecule has 6 nitrogen and oxygen atoms in total. The van der Waals surface area contributed by atoms with Gasteiger partial charge < -0.3 is 16.4 Å². The second-order valence-corrected chi connectivity index (χ2v) is 6.67. The van der Waals surface area contributed by atoms with Gasteiger partial charge in [-0.15, -0.1) is 0 Å². The molecule has 0 saturated carbocycles. The van der Waals surface area contributed by atoms with Crippen molar-refractivity contribution in [1.82, 2.24) is 10.6 Å². The standard InChI is InChI=1S/C20H22ClN3O3/c1-13(25)23-18(12-14-5-3-2-4-6-14)20(27)24-17(19(22)26)11-15-7-9-16(21)10-8-15/h2-10,17-18H,11-12H2,1H3,(H2,22,26)(H,23,25)(H,24,27)/t17-,18-/m0/s1. The summed E-state index contributed by atoms with van der Waals surface area (Å²) in [6.07, 6.45) is 0.537. The number of nitrogens with two attached hydrogens (primary N) is 1. The molecule has 0 unspecified atom stereocenters. The van der Waals surface area contributed by atoms with Crippen molar-refractivity contribution in [3.05, 3.63) is 70.7 Å². The normalized spacial score (nSPS) is 12.7. The average molecular weight is 388 g/mol. The summed E-state index contributed by atoms with van der Waals surface area (Å²) in [5, 5.41) is 5.84. The van der Waals surface area contributed by atoms with Gasteiger partial charge in [0.05, 0.1) is 0 Å². The van der Waals surface area contributed by atoms with E-state index in [4.69, 9.17) is 17.3 Å². The van der Waals surface area contributed by atoms with Crippen molar-refractivity contribution in [2.24, 2.45) is 5.73 Å². The molecule has 142 valence electrons. The molecule has 0 fully saturated rings. The number of primary amides is 1. The van der Waals surface area contributed by atoms with Crippen LogP contribution in [0.1, 0.15) is 18.1 Å². The molecule has 0 saturated heterocycles. The molecule has 0 aliphatic rings. The lowest BCUT2D eigenvalue weighted by Gasteiger charge is -2.22. The van der Waals surface area contributed by atoms with Crippen molar-refractivity contribution in [2.45, 2.75) is 31.8 Å². The molecule has 7 heteroatoms. The maximum atomic E-state index is 12.7. The Hall–Kier alpha value is -2.86. The summed E-state index contributed by atoms with van der Waals surface area (Å²) in [5.41, 5.74) is 7.15. The zero-order valence-electron chi connectivity index (χ0n) is 14.9. The van der Waals surface area contributed by atoms with Crippen LogP contribution < -0.4 is 16.4 Å². The zero-order valence-corrected chi connectivity index (χ0v) is 15.7. The molecule has 0 aliphatic carbocycles. The smallest absolute Gasteiger partial charge is 0.243 e. The Balaban J connectivity index is 2.10. The van der Waals surface area contributed by atoms with E-state index in [1.54, 1.807) is 24.3 Å². The second-order valence-electron chi connectivity index (χ2n) is 6.24. The van der Waals surface area contributed by atoms with E-state index in [1.165, 1.54) is 6.92 Å². The van der Waals surface area contributed by atoms with E-state index >= 15 is 0 Å². The number of benzene rings is 2. The Labute approximate surface area is 163 Å². The Morgan fingerprint density at radius 1 is 0.889 bits per heavy atom. The summed E-state index contributed by atoms with van der Waals surface area (Å²) in [7, 11) is 0. The first-order valence-electron chi connectivity index (χ1n) is 8.50. The fraction of sp³-hybridized carbons (Fsp3) is 0.250. The van der Waals surface area contributed by atoms with Gasteiger partial charge in [0.2, 0.25) is 17.7 Å². The molecule has 4 N–H and O–H groups in total. The molecular formula is C20H22ClN3O3. The molecule has 0 spiro atoms. The maximum Gasteiger partial charge on any atom is 0.243 e. The first kappa shape index (κ1) is 20.5. The van der Waals surface area contributed by atoms with Crippen LogP contribution in [0.25, 0.3) is 0 Å². The van der Waals surface area contributed by atoms with Gasteiger partial charge in [0.1, 0.15) is 12.1 Å². The van der Waals surface area contributed by atoms with Crippen molar-refractivity contribution >= 4 is 29.3 Å². The van der Waals surface area contributed by atoms with Gasteiger partial charge >= 0.3 is 0 Å². The van der Waals surface area contributed by atoms with Crippen LogP contribution in [0, 0.1) is 0 Å². The van der Waals surface area contributed by atoms with Crippen molar-refractivity contribution in [3.63, 3.8) is 0 Å². The number of amides is 3. The van der Waals surface area contributed by atoms with E-state index in [9.17, 15) is 14.4 Å². The van der Waals surface area contributed by atoms with Crippen molar-refractivity contribution in [3.8, 4) is 0 Å². The summed E-state index contributed by atoms with van der Waals surface area (Å²) < 4.78 is 0. The molecule has 2 atom stereocenters. The molecule has 3 amide bonds. The van der Waals surface area contributed by atoms with Crippen LogP contribution in [-0.2, 0) is 27.2 Å². The van der Waals surface area contributed by atoms with Crippen LogP contribution in [0.3, 0.4) is 0 Å². The lowest BCUT2D eigenvalue weighted by atomic mass is 10.0. The van der Waals surface area contributed by atoms with Gasteiger partial charge in [-0.25, -0.2) is 0 Å². The minimum absolute atomic E-state index is 0.233. The van der Waals surface area contributed by atoms with Gasteiger partial charge in [0, 0.05) is 24.8 Å². The fourth-order valence-corrected chi connectivity index (χ4v) is 2.78. The van der Waals surface area contributed by atoms with Gasteiger partial charge in [0.15, 0.2) is 0 Å². The number of halogens is 1. The Kier molecular flexibility index (Phi) is 7.37. The number of hydrogen-bond acceptors (Lipinski definition) is 3. The molecule has 2 rings (SSSR count). The lowest BCUT2D eigenvalue weighted by Crippen LogP contribution is -2.54. The molecule has 0 radical (unpaired) electrons. The third-order valence-electron chi connectivity index (χ3n) is 3.99. The Bertz CT molecular complexity index is 794. The van der Waals surface area contributed by atoms with Crippen LogP contribution in [0.4, 0.5) is 0 Å². The summed E-state index contributed by atoms with van der Waals surface area (Å²) in [4.78, 5) is 36.0. The molecule has 0 bridgehead atoms. The van der Waals surface area contributed by atoms with E-state index in [0.717, 1.165) is 11.1 Å². The largest absolute Gasteiger partial charge is 0.368 e. The van der Waals surface area contributed by atoms with E-state index in [-0.39, 0.29) is 12.3 Å². The summed E-state index contributed by atoms with van der Waals surface area (Å²) in [6.45, 7) is 1.34. The van der Waals surface area contributed by atoms with Crippen LogP contribution in [-0.4, -0.2) is 29.8 Å². The molecule has 2 aromatic rings. The van der Waals surface area contributed by atoms with Gasteiger partial charge in [-0.2, -0.15) is 0 Å². The number of hydrogen-bond donors (Lipinski definition) is 3. The minimum atomic E-state index is -0.897. The highest BCUT2D eigenvalue weighted by Crippen LogP contribution is 2.11. The predicted molar refractivity (Wildman–Crippen MR) is 104 cm³/mol. The quantitative estimate of drug-likeness (QED) is 0.641. The fourth-order valence-electron chi connectivity index (χ4n) is 2.66. The van der Waals surface area contributed by atoms with E-state index < -0.39 is 23.9 Å². The van der Waals surface area contributed by atoms with Gasteiger partial charge in [-0.1, -0.05) is 54.1 Å². The molecule has 2 aromatic carbocycles. The van der Waals surface area contributed by atoms with Gasteiger partial charge in [-0.05, 0) is 23.3 Å². The van der Waals surface area contributed by atoms with Crippen LogP contribution >= 0.6 is 11.6 Å². The van der Waals surface area contributed by atoms with E-state index in [1.807, 2.05) is 30.3 Å². The number of carbonyl (C=O) groups is 3. The Morgan fingerprint density at radius 3 is 2.00 bits per heavy atom. The van der Waals surface area contributed by atoms with Crippen LogP contribution in [0.2, 0.25) is 5.02 Å². The lowest BCUT2D eigenvalue weighted by molar-refractivity contribution is -0.130. The summed E-state index contributed by atoms with van der Waals surface area (Å²) in [6, 6.07) is 14.5. The van der Waals surface area contributed by atoms with E-state index in [0.29, 0.717) is 11.4 Å². The highest BCUT2D eigenvalue weighted by Gasteiger charge is 2.25. The minimum Gasteiger partial charge on any atom is -0.368 e. The van der Waals surface area contributed by atoms with Gasteiger partial charge in [-0.3, -0.25) is 14.4 Å². The SMILES string of the molecule is CC(=O)N[C@@H](Cc1ccccc1)C(=O)N[C@@H](Cc1ccc(Cl)cc1)C(N)=O. The van der Waals surface area contributed by atoms with Crippen molar-refractivity contribution in [2.75, 3.05) is 0 Å². The molecule has 27 heavy (non-hydrogen) atoms. The molecule has 0 aliphatic heterocycles. The van der Waals surface area contributed by atoms with Gasteiger partial charge in [0.25, 0.3) is 0 Å². The van der Waals surface area contributed by atoms with Crippen LogP contribution in [0.5, 0.6) is 0 Å².